The van der Waals surface area contributed by atoms with Gasteiger partial charge in [-0.05, 0) is 50.2 Å². The molecule has 1 atom stereocenters. The minimum Gasteiger partial charge on any atom is -0.344 e. The van der Waals surface area contributed by atoms with Crippen molar-refractivity contribution in [2.75, 3.05) is 13.1 Å². The molecule has 148 valence electrons. The zero-order valence-corrected chi connectivity index (χ0v) is 16.4. The maximum atomic E-state index is 13.1. The smallest absolute Gasteiger partial charge is 0.287 e. The Hall–Kier alpha value is -2.70. The number of hydrogen-bond donors (Lipinski definition) is 1. The molecule has 7 heteroatoms. The SMILES string of the molecule is CC1CCCN(C(=O)c2nc(C(=O)NCc3ccccn3)n3c2CCCC3)C1. The Morgan fingerprint density at radius 3 is 2.89 bits per heavy atom. The lowest BCUT2D eigenvalue weighted by Crippen LogP contribution is -2.39. The average Bonchev–Trinajstić information content (AvgIpc) is 3.12. The molecule has 0 spiro atoms. The Bertz CT molecular complexity index is 861. The topological polar surface area (TPSA) is 80.1 Å². The van der Waals surface area contributed by atoms with Gasteiger partial charge in [-0.25, -0.2) is 4.98 Å². The molecule has 0 radical (unpaired) electrons. The molecule has 1 fully saturated rings. The predicted molar refractivity (Wildman–Crippen MR) is 105 cm³/mol. The molecule has 7 nitrogen and oxygen atoms in total. The number of amides is 2. The van der Waals surface area contributed by atoms with Gasteiger partial charge in [0.2, 0.25) is 0 Å². The van der Waals surface area contributed by atoms with Crippen LogP contribution in [0.1, 0.15) is 65.1 Å². The summed E-state index contributed by atoms with van der Waals surface area (Å²) in [5.41, 5.74) is 2.18. The van der Waals surface area contributed by atoms with Gasteiger partial charge in [-0.2, -0.15) is 0 Å². The number of carbonyl (C=O) groups excluding carboxylic acids is 2. The van der Waals surface area contributed by atoms with Crippen molar-refractivity contribution >= 4 is 11.8 Å². The van der Waals surface area contributed by atoms with Gasteiger partial charge in [-0.15, -0.1) is 0 Å². The van der Waals surface area contributed by atoms with Crippen LogP contribution in [0.2, 0.25) is 0 Å². The summed E-state index contributed by atoms with van der Waals surface area (Å²) in [6.45, 7) is 4.80. The van der Waals surface area contributed by atoms with E-state index in [1.807, 2.05) is 27.7 Å². The highest BCUT2D eigenvalue weighted by molar-refractivity contribution is 5.97. The quantitative estimate of drug-likeness (QED) is 0.882. The zero-order valence-electron chi connectivity index (χ0n) is 16.4. The summed E-state index contributed by atoms with van der Waals surface area (Å²) >= 11 is 0. The molecular formula is C21H27N5O2. The molecule has 2 aliphatic rings. The molecule has 2 aromatic rings. The third-order valence-corrected chi connectivity index (χ3v) is 5.62. The number of carbonyl (C=O) groups is 2. The fraction of sp³-hybridized carbons (Fsp3) is 0.524. The molecule has 4 heterocycles. The maximum Gasteiger partial charge on any atom is 0.287 e. The van der Waals surface area contributed by atoms with E-state index in [1.54, 1.807) is 6.20 Å². The monoisotopic (exact) mass is 381 g/mol. The molecule has 28 heavy (non-hydrogen) atoms. The number of rotatable bonds is 4. The molecule has 1 unspecified atom stereocenters. The summed E-state index contributed by atoms with van der Waals surface area (Å²) in [6.07, 6.45) is 6.71. The first-order valence-corrected chi connectivity index (χ1v) is 10.2. The summed E-state index contributed by atoms with van der Waals surface area (Å²) < 4.78 is 1.94. The van der Waals surface area contributed by atoms with Gasteiger partial charge in [0.05, 0.1) is 17.9 Å². The molecule has 4 rings (SSSR count). The highest BCUT2D eigenvalue weighted by atomic mass is 16.2. The van der Waals surface area contributed by atoms with Crippen LogP contribution in [0.5, 0.6) is 0 Å². The van der Waals surface area contributed by atoms with Crippen molar-refractivity contribution in [3.63, 3.8) is 0 Å². The molecule has 0 bridgehead atoms. The minimum absolute atomic E-state index is 0.0269. The van der Waals surface area contributed by atoms with Crippen LogP contribution in [0, 0.1) is 5.92 Å². The van der Waals surface area contributed by atoms with Crippen LogP contribution in [-0.4, -0.2) is 44.3 Å². The van der Waals surface area contributed by atoms with Crippen molar-refractivity contribution < 1.29 is 9.59 Å². The summed E-state index contributed by atoms with van der Waals surface area (Å²) in [7, 11) is 0. The summed E-state index contributed by atoms with van der Waals surface area (Å²) in [5, 5.41) is 2.89. The van der Waals surface area contributed by atoms with Crippen LogP contribution in [0.25, 0.3) is 0 Å². The molecule has 2 amide bonds. The third kappa shape index (κ3) is 3.79. The van der Waals surface area contributed by atoms with Crippen molar-refractivity contribution in [3.8, 4) is 0 Å². The number of piperidine rings is 1. The number of fused-ring (bicyclic) bond motifs is 1. The highest BCUT2D eigenvalue weighted by Crippen LogP contribution is 2.24. The van der Waals surface area contributed by atoms with Gasteiger partial charge in [-0.3, -0.25) is 14.6 Å². The average molecular weight is 381 g/mol. The van der Waals surface area contributed by atoms with Gasteiger partial charge in [0.15, 0.2) is 5.82 Å². The van der Waals surface area contributed by atoms with Crippen molar-refractivity contribution in [2.24, 2.45) is 5.92 Å². The van der Waals surface area contributed by atoms with E-state index in [0.29, 0.717) is 24.0 Å². The van der Waals surface area contributed by atoms with E-state index in [4.69, 9.17) is 0 Å². The van der Waals surface area contributed by atoms with Crippen LogP contribution in [-0.2, 0) is 19.5 Å². The van der Waals surface area contributed by atoms with Crippen molar-refractivity contribution in [1.82, 2.24) is 24.8 Å². The normalized spacial score (nSPS) is 19.2. The third-order valence-electron chi connectivity index (χ3n) is 5.62. The van der Waals surface area contributed by atoms with Crippen LogP contribution < -0.4 is 5.32 Å². The molecule has 1 N–H and O–H groups in total. The van der Waals surface area contributed by atoms with E-state index in [0.717, 1.165) is 63.1 Å². The molecule has 1 saturated heterocycles. The van der Waals surface area contributed by atoms with Gasteiger partial charge >= 0.3 is 0 Å². The van der Waals surface area contributed by atoms with Crippen LogP contribution >= 0.6 is 0 Å². The van der Waals surface area contributed by atoms with E-state index in [-0.39, 0.29) is 11.8 Å². The molecule has 0 aliphatic carbocycles. The fourth-order valence-corrected chi connectivity index (χ4v) is 4.16. The highest BCUT2D eigenvalue weighted by Gasteiger charge is 2.31. The van der Waals surface area contributed by atoms with Gasteiger partial charge in [0.1, 0.15) is 5.69 Å². The number of imidazole rings is 1. The maximum absolute atomic E-state index is 13.1. The zero-order chi connectivity index (χ0) is 19.5. The van der Waals surface area contributed by atoms with Crippen molar-refractivity contribution in [2.45, 2.75) is 52.1 Å². The summed E-state index contributed by atoms with van der Waals surface area (Å²) in [4.78, 5) is 36.6. The van der Waals surface area contributed by atoms with E-state index >= 15 is 0 Å². The van der Waals surface area contributed by atoms with Crippen LogP contribution in [0.4, 0.5) is 0 Å². The number of pyridine rings is 1. The van der Waals surface area contributed by atoms with Gasteiger partial charge in [0, 0.05) is 25.8 Å². The first-order chi connectivity index (χ1) is 13.6. The standard InChI is InChI=1S/C21H27N5O2/c1-15-7-6-11-25(14-15)21(28)18-17-9-3-5-12-26(17)19(24-18)20(27)23-13-16-8-2-4-10-22-16/h2,4,8,10,15H,3,5-7,9,11-14H2,1H3,(H,23,27). The summed E-state index contributed by atoms with van der Waals surface area (Å²) in [5.74, 6) is 0.581. The lowest BCUT2D eigenvalue weighted by molar-refractivity contribution is 0.0676. The largest absolute Gasteiger partial charge is 0.344 e. The second kappa shape index (κ2) is 8.12. The number of likely N-dealkylation sites (tertiary alicyclic amines) is 1. The van der Waals surface area contributed by atoms with E-state index in [2.05, 4.69) is 22.2 Å². The second-order valence-corrected chi connectivity index (χ2v) is 7.84. The van der Waals surface area contributed by atoms with Gasteiger partial charge in [-0.1, -0.05) is 13.0 Å². The Morgan fingerprint density at radius 2 is 2.11 bits per heavy atom. The van der Waals surface area contributed by atoms with Crippen LogP contribution in [0.3, 0.4) is 0 Å². The predicted octanol–water partition coefficient (Wildman–Crippen LogP) is 2.42. The van der Waals surface area contributed by atoms with Crippen LogP contribution in [0.15, 0.2) is 24.4 Å². The number of aromatic nitrogens is 3. The lowest BCUT2D eigenvalue weighted by Gasteiger charge is -2.30. The van der Waals surface area contributed by atoms with Gasteiger partial charge in [0.25, 0.3) is 11.8 Å². The van der Waals surface area contributed by atoms with Gasteiger partial charge < -0.3 is 14.8 Å². The van der Waals surface area contributed by atoms with E-state index in [1.165, 1.54) is 0 Å². The minimum atomic E-state index is -0.250. The second-order valence-electron chi connectivity index (χ2n) is 7.84. The first kappa shape index (κ1) is 18.7. The fourth-order valence-electron chi connectivity index (χ4n) is 4.16. The molecular weight excluding hydrogens is 354 g/mol. The molecule has 0 saturated carbocycles. The lowest BCUT2D eigenvalue weighted by atomic mass is 9.99. The number of nitrogens with zero attached hydrogens (tertiary/aromatic N) is 4. The number of hydrogen-bond acceptors (Lipinski definition) is 4. The first-order valence-electron chi connectivity index (χ1n) is 10.2. The van der Waals surface area contributed by atoms with E-state index < -0.39 is 0 Å². The number of nitrogens with one attached hydrogen (secondary N) is 1. The van der Waals surface area contributed by atoms with E-state index in [9.17, 15) is 9.59 Å². The molecule has 2 aromatic heterocycles. The Labute approximate surface area is 165 Å². The Balaban J connectivity index is 1.56. The Kier molecular flexibility index (Phi) is 5.41. The summed E-state index contributed by atoms with van der Waals surface area (Å²) in [6, 6.07) is 5.60. The molecule has 0 aromatic carbocycles. The molecule has 2 aliphatic heterocycles. The van der Waals surface area contributed by atoms with Crippen molar-refractivity contribution in [1.29, 1.82) is 0 Å². The Morgan fingerprint density at radius 1 is 1.21 bits per heavy atom. The van der Waals surface area contributed by atoms with Crippen molar-refractivity contribution in [3.05, 3.63) is 47.3 Å².